The highest BCUT2D eigenvalue weighted by atomic mass is 35.5. The Morgan fingerprint density at radius 3 is 2.62 bits per heavy atom. The molecule has 0 aromatic heterocycles. The standard InChI is InChI=1S/C11H8Cl2O3/c1-5(14)2-10-6-3-8(12)9(13)4-7(6)11(15)16-10/h3-4,10H,2H2,1H3. The number of Topliss-reactive ketones (excluding diaryl/α,β-unsaturated/α-hetero) is 1. The maximum absolute atomic E-state index is 11.5. The van der Waals surface area contributed by atoms with Crippen LogP contribution >= 0.6 is 23.2 Å². The number of cyclic esters (lactones) is 1. The van der Waals surface area contributed by atoms with E-state index in [1.165, 1.54) is 13.0 Å². The van der Waals surface area contributed by atoms with E-state index in [0.717, 1.165) is 0 Å². The van der Waals surface area contributed by atoms with Gasteiger partial charge in [0.15, 0.2) is 0 Å². The number of hydrogen-bond donors (Lipinski definition) is 0. The topological polar surface area (TPSA) is 43.4 Å². The van der Waals surface area contributed by atoms with Crippen LogP contribution in [0.5, 0.6) is 0 Å². The molecule has 0 saturated heterocycles. The number of carbonyl (C=O) groups is 2. The van der Waals surface area contributed by atoms with E-state index in [1.807, 2.05) is 0 Å². The van der Waals surface area contributed by atoms with Crippen molar-refractivity contribution >= 4 is 35.0 Å². The van der Waals surface area contributed by atoms with Crippen LogP contribution in [0.15, 0.2) is 12.1 Å². The minimum Gasteiger partial charge on any atom is -0.453 e. The third-order valence-corrected chi connectivity index (χ3v) is 3.10. The fourth-order valence-corrected chi connectivity index (χ4v) is 2.01. The zero-order valence-corrected chi connectivity index (χ0v) is 9.93. The van der Waals surface area contributed by atoms with Crippen LogP contribution in [0.2, 0.25) is 10.0 Å². The summed E-state index contributed by atoms with van der Waals surface area (Å²) in [6.45, 7) is 1.45. The molecule has 0 bridgehead atoms. The maximum atomic E-state index is 11.5. The lowest BCUT2D eigenvalue weighted by Crippen LogP contribution is -2.03. The Balaban J connectivity index is 2.45. The summed E-state index contributed by atoms with van der Waals surface area (Å²) in [7, 11) is 0. The van der Waals surface area contributed by atoms with Gasteiger partial charge in [0.05, 0.1) is 15.6 Å². The summed E-state index contributed by atoms with van der Waals surface area (Å²) in [6.07, 6.45) is -0.369. The van der Waals surface area contributed by atoms with E-state index in [-0.39, 0.29) is 12.2 Å². The molecule has 1 aliphatic heterocycles. The smallest absolute Gasteiger partial charge is 0.339 e. The van der Waals surface area contributed by atoms with E-state index < -0.39 is 12.1 Å². The van der Waals surface area contributed by atoms with Crippen molar-refractivity contribution < 1.29 is 14.3 Å². The Labute approximate surface area is 102 Å². The van der Waals surface area contributed by atoms with Crippen molar-refractivity contribution in [3.8, 4) is 0 Å². The minimum absolute atomic E-state index is 0.0447. The van der Waals surface area contributed by atoms with E-state index in [4.69, 9.17) is 27.9 Å². The molecule has 0 saturated carbocycles. The largest absolute Gasteiger partial charge is 0.453 e. The molecule has 16 heavy (non-hydrogen) atoms. The number of ketones is 1. The average Bonchev–Trinajstić information content (AvgIpc) is 2.44. The quantitative estimate of drug-likeness (QED) is 0.766. The number of ether oxygens (including phenoxy) is 1. The number of hydrogen-bond acceptors (Lipinski definition) is 3. The highest BCUT2D eigenvalue weighted by Gasteiger charge is 2.32. The number of benzene rings is 1. The van der Waals surface area contributed by atoms with Crippen molar-refractivity contribution in [2.24, 2.45) is 0 Å². The highest BCUT2D eigenvalue weighted by Crippen LogP contribution is 2.37. The Morgan fingerprint density at radius 1 is 1.38 bits per heavy atom. The van der Waals surface area contributed by atoms with Crippen LogP contribution in [0.4, 0.5) is 0 Å². The highest BCUT2D eigenvalue weighted by molar-refractivity contribution is 6.42. The summed E-state index contributed by atoms with van der Waals surface area (Å²) >= 11 is 11.7. The van der Waals surface area contributed by atoms with Crippen LogP contribution in [0.3, 0.4) is 0 Å². The summed E-state index contributed by atoms with van der Waals surface area (Å²) < 4.78 is 5.08. The summed E-state index contributed by atoms with van der Waals surface area (Å²) in [5.41, 5.74) is 1.02. The van der Waals surface area contributed by atoms with Crippen molar-refractivity contribution in [2.75, 3.05) is 0 Å². The van der Waals surface area contributed by atoms with Gasteiger partial charge in [-0.2, -0.15) is 0 Å². The molecule has 2 rings (SSSR count). The molecule has 0 N–H and O–H groups in total. The van der Waals surface area contributed by atoms with Crippen LogP contribution < -0.4 is 0 Å². The average molecular weight is 259 g/mol. The normalized spacial score (nSPS) is 18.2. The van der Waals surface area contributed by atoms with Crippen molar-refractivity contribution in [3.05, 3.63) is 33.3 Å². The molecule has 3 nitrogen and oxygen atoms in total. The van der Waals surface area contributed by atoms with Crippen LogP contribution in [0.1, 0.15) is 35.4 Å². The second-order valence-corrected chi connectivity index (χ2v) is 4.47. The molecule has 0 aliphatic carbocycles. The van der Waals surface area contributed by atoms with Gasteiger partial charge in [-0.25, -0.2) is 4.79 Å². The van der Waals surface area contributed by atoms with E-state index in [2.05, 4.69) is 0 Å². The SMILES string of the molecule is CC(=O)CC1OC(=O)c2cc(Cl)c(Cl)cc21. The fourth-order valence-electron chi connectivity index (χ4n) is 1.67. The van der Waals surface area contributed by atoms with Gasteiger partial charge in [0, 0.05) is 12.0 Å². The number of fused-ring (bicyclic) bond motifs is 1. The third kappa shape index (κ3) is 1.93. The number of carbonyl (C=O) groups excluding carboxylic acids is 2. The lowest BCUT2D eigenvalue weighted by atomic mass is 10.0. The molecule has 0 amide bonds. The molecule has 0 fully saturated rings. The summed E-state index contributed by atoms with van der Waals surface area (Å²) in [4.78, 5) is 22.5. The second-order valence-electron chi connectivity index (χ2n) is 3.65. The molecule has 1 aromatic rings. The van der Waals surface area contributed by atoms with Crippen molar-refractivity contribution in [1.29, 1.82) is 0 Å². The minimum atomic E-state index is -0.533. The van der Waals surface area contributed by atoms with Gasteiger partial charge >= 0.3 is 5.97 Å². The van der Waals surface area contributed by atoms with Gasteiger partial charge in [0.2, 0.25) is 0 Å². The van der Waals surface area contributed by atoms with Crippen molar-refractivity contribution in [1.82, 2.24) is 0 Å². The van der Waals surface area contributed by atoms with Gasteiger partial charge in [-0.05, 0) is 19.1 Å². The van der Waals surface area contributed by atoms with Gasteiger partial charge < -0.3 is 4.74 Å². The predicted octanol–water partition coefficient (Wildman–Crippen LogP) is 3.18. The zero-order chi connectivity index (χ0) is 11.9. The van der Waals surface area contributed by atoms with Crippen molar-refractivity contribution in [3.63, 3.8) is 0 Å². The Bertz CT molecular complexity index is 482. The lowest BCUT2D eigenvalue weighted by molar-refractivity contribution is -0.118. The molecule has 5 heteroatoms. The summed E-state index contributed by atoms with van der Waals surface area (Å²) in [5, 5.41) is 0.660. The Morgan fingerprint density at radius 2 is 2.00 bits per heavy atom. The Kier molecular flexibility index (Phi) is 2.91. The van der Waals surface area contributed by atoms with E-state index in [0.29, 0.717) is 21.2 Å². The fraction of sp³-hybridized carbons (Fsp3) is 0.273. The molecule has 1 unspecified atom stereocenters. The number of esters is 1. The molecule has 1 aliphatic rings. The Hall–Kier alpha value is -1.06. The first-order valence-corrected chi connectivity index (χ1v) is 5.44. The zero-order valence-electron chi connectivity index (χ0n) is 8.42. The molecule has 1 heterocycles. The summed E-state index contributed by atoms with van der Waals surface area (Å²) in [5.74, 6) is -0.503. The number of halogens is 2. The van der Waals surface area contributed by atoms with Crippen LogP contribution in [0.25, 0.3) is 0 Å². The van der Waals surface area contributed by atoms with Gasteiger partial charge in [-0.15, -0.1) is 0 Å². The molecule has 84 valence electrons. The number of rotatable bonds is 2. The molecule has 1 atom stereocenters. The molecule has 1 aromatic carbocycles. The lowest BCUT2D eigenvalue weighted by Gasteiger charge is -2.08. The maximum Gasteiger partial charge on any atom is 0.339 e. The van der Waals surface area contributed by atoms with Gasteiger partial charge in [-0.3, -0.25) is 4.79 Å². The first-order valence-electron chi connectivity index (χ1n) is 4.68. The van der Waals surface area contributed by atoms with E-state index in [1.54, 1.807) is 6.07 Å². The van der Waals surface area contributed by atoms with E-state index >= 15 is 0 Å². The van der Waals surface area contributed by atoms with Gasteiger partial charge in [0.1, 0.15) is 11.9 Å². The molecule has 0 radical (unpaired) electrons. The van der Waals surface area contributed by atoms with Crippen LogP contribution in [-0.2, 0) is 9.53 Å². The van der Waals surface area contributed by atoms with Gasteiger partial charge in [0.25, 0.3) is 0 Å². The molecular weight excluding hydrogens is 251 g/mol. The predicted molar refractivity (Wildman–Crippen MR) is 59.9 cm³/mol. The monoisotopic (exact) mass is 258 g/mol. The van der Waals surface area contributed by atoms with Crippen LogP contribution in [-0.4, -0.2) is 11.8 Å². The second kappa shape index (κ2) is 4.07. The third-order valence-electron chi connectivity index (χ3n) is 2.38. The first kappa shape index (κ1) is 11.4. The van der Waals surface area contributed by atoms with Crippen molar-refractivity contribution in [2.45, 2.75) is 19.4 Å². The molecular formula is C11H8Cl2O3. The molecule has 0 spiro atoms. The first-order chi connectivity index (χ1) is 7.49. The van der Waals surface area contributed by atoms with E-state index in [9.17, 15) is 9.59 Å². The van der Waals surface area contributed by atoms with Crippen LogP contribution in [0, 0.1) is 0 Å². The summed E-state index contributed by atoms with van der Waals surface area (Å²) in [6, 6.07) is 3.05. The van der Waals surface area contributed by atoms with Gasteiger partial charge in [-0.1, -0.05) is 23.2 Å².